The summed E-state index contributed by atoms with van der Waals surface area (Å²) in [6.07, 6.45) is 2.17. The normalized spacial score (nSPS) is 20.2. The molecule has 0 radical (unpaired) electrons. The molecule has 5 rings (SSSR count). The average Bonchev–Trinajstić information content (AvgIpc) is 3.53. The van der Waals surface area contributed by atoms with Crippen LogP contribution in [0.4, 0.5) is 0 Å². The zero-order valence-electron chi connectivity index (χ0n) is 19.8. The molecule has 2 aliphatic heterocycles. The number of para-hydroxylation sites is 1. The van der Waals surface area contributed by atoms with Crippen molar-refractivity contribution in [1.29, 1.82) is 0 Å². The number of benzene rings is 2. The summed E-state index contributed by atoms with van der Waals surface area (Å²) < 4.78 is 5.57. The van der Waals surface area contributed by atoms with Crippen molar-refractivity contribution in [3.8, 4) is 11.3 Å². The van der Waals surface area contributed by atoms with Crippen LogP contribution in [0.15, 0.2) is 54.6 Å². The molecule has 2 aromatic carbocycles. The third kappa shape index (κ3) is 5.24. The summed E-state index contributed by atoms with van der Waals surface area (Å²) in [6.45, 7) is 4.08. The van der Waals surface area contributed by atoms with Crippen LogP contribution in [0.25, 0.3) is 22.2 Å². The number of hydrogen-bond acceptors (Lipinski definition) is 5. The van der Waals surface area contributed by atoms with Crippen molar-refractivity contribution < 1.29 is 19.4 Å². The fourth-order valence-electron chi connectivity index (χ4n) is 5.21. The van der Waals surface area contributed by atoms with Crippen molar-refractivity contribution in [2.45, 2.75) is 25.0 Å². The van der Waals surface area contributed by atoms with Gasteiger partial charge in [-0.15, -0.1) is 0 Å². The first-order valence-corrected chi connectivity index (χ1v) is 12.3. The second kappa shape index (κ2) is 10.6. The molecule has 1 amide bonds. The van der Waals surface area contributed by atoms with Crippen molar-refractivity contribution in [3.63, 3.8) is 0 Å². The molecule has 0 unspecified atom stereocenters. The van der Waals surface area contributed by atoms with E-state index in [-0.39, 0.29) is 12.0 Å². The fraction of sp³-hybridized carbons (Fsp3) is 0.407. The summed E-state index contributed by atoms with van der Waals surface area (Å²) in [5.74, 6) is -0.874. The van der Waals surface area contributed by atoms with E-state index in [2.05, 4.69) is 15.2 Å². The number of piperazine rings is 1. The maximum absolute atomic E-state index is 12.6. The third-order valence-electron chi connectivity index (χ3n) is 7.01. The number of nitrogens with one attached hydrogen (secondary N) is 2. The monoisotopic (exact) mass is 476 g/mol. The molecule has 8 heteroatoms. The van der Waals surface area contributed by atoms with E-state index in [1.54, 1.807) is 0 Å². The zero-order chi connectivity index (χ0) is 24.2. The van der Waals surface area contributed by atoms with Crippen LogP contribution >= 0.6 is 0 Å². The quantitative estimate of drug-likeness (QED) is 0.463. The lowest BCUT2D eigenvalue weighted by Crippen LogP contribution is -2.51. The van der Waals surface area contributed by atoms with Gasteiger partial charge in [-0.3, -0.25) is 19.4 Å². The summed E-state index contributed by atoms with van der Waals surface area (Å²) >= 11 is 0. The molecule has 0 bridgehead atoms. The molecular formula is C27H32N4O4. The van der Waals surface area contributed by atoms with Crippen LogP contribution < -0.4 is 5.32 Å². The minimum Gasteiger partial charge on any atom is -0.480 e. The lowest BCUT2D eigenvalue weighted by molar-refractivity contribution is -0.144. The van der Waals surface area contributed by atoms with Gasteiger partial charge >= 0.3 is 5.97 Å². The van der Waals surface area contributed by atoms with Gasteiger partial charge in [0, 0.05) is 55.8 Å². The van der Waals surface area contributed by atoms with Gasteiger partial charge in [0.1, 0.15) is 6.04 Å². The number of hydrogen-bond donors (Lipinski definition) is 3. The Bertz CT molecular complexity index is 1160. The van der Waals surface area contributed by atoms with Crippen molar-refractivity contribution in [2.24, 2.45) is 0 Å². The smallest absolute Gasteiger partial charge is 0.325 e. The van der Waals surface area contributed by atoms with Gasteiger partial charge in [-0.1, -0.05) is 48.5 Å². The number of carbonyl (C=O) groups is 2. The van der Waals surface area contributed by atoms with E-state index in [9.17, 15) is 14.7 Å². The van der Waals surface area contributed by atoms with Gasteiger partial charge in [-0.25, -0.2) is 0 Å². The highest BCUT2D eigenvalue weighted by molar-refractivity contribution is 5.95. The standard InChI is InChI=1S/C27H32N4O4/c32-23(28-17-20-9-6-16-35-20)18-30-12-14-31(15-13-30)26(27(33)34)24-21-10-4-5-11-22(21)29-25(24)19-7-2-1-3-8-19/h1-5,7-8,10-11,20,26,29H,6,9,12-18H2,(H,28,32)(H,33,34)/t20-,26-/m0/s1. The largest absolute Gasteiger partial charge is 0.480 e. The van der Waals surface area contributed by atoms with Crippen molar-refractivity contribution in [3.05, 3.63) is 60.2 Å². The predicted molar refractivity (Wildman–Crippen MR) is 134 cm³/mol. The molecule has 0 saturated carbocycles. The number of amides is 1. The van der Waals surface area contributed by atoms with Crippen LogP contribution in [0.5, 0.6) is 0 Å². The van der Waals surface area contributed by atoms with Crippen molar-refractivity contribution >= 4 is 22.8 Å². The lowest BCUT2D eigenvalue weighted by Gasteiger charge is -2.37. The molecule has 0 spiro atoms. The van der Waals surface area contributed by atoms with E-state index in [4.69, 9.17) is 4.74 Å². The number of aromatic nitrogens is 1. The van der Waals surface area contributed by atoms with E-state index >= 15 is 0 Å². The minimum absolute atomic E-state index is 0.00766. The van der Waals surface area contributed by atoms with Crippen molar-refractivity contribution in [2.75, 3.05) is 45.9 Å². The van der Waals surface area contributed by atoms with Gasteiger partial charge in [0.2, 0.25) is 5.91 Å². The zero-order valence-corrected chi connectivity index (χ0v) is 19.8. The molecule has 2 saturated heterocycles. The minimum atomic E-state index is -0.866. The number of carboxylic acids is 1. The van der Waals surface area contributed by atoms with Crippen LogP contribution in [-0.4, -0.2) is 83.7 Å². The number of aliphatic carboxylic acids is 1. The topological polar surface area (TPSA) is 97.9 Å². The van der Waals surface area contributed by atoms with Crippen LogP contribution in [0.1, 0.15) is 24.4 Å². The summed E-state index contributed by atoms with van der Waals surface area (Å²) in [4.78, 5) is 32.6. The summed E-state index contributed by atoms with van der Waals surface area (Å²) in [5.41, 5.74) is 3.53. The second-order valence-electron chi connectivity index (χ2n) is 9.32. The summed E-state index contributed by atoms with van der Waals surface area (Å²) in [7, 11) is 0. The van der Waals surface area contributed by atoms with E-state index in [1.165, 1.54) is 0 Å². The maximum atomic E-state index is 12.6. The van der Waals surface area contributed by atoms with Crippen molar-refractivity contribution in [1.82, 2.24) is 20.1 Å². The Kier molecular flexibility index (Phi) is 7.13. The lowest BCUT2D eigenvalue weighted by atomic mass is 9.97. The second-order valence-corrected chi connectivity index (χ2v) is 9.32. The van der Waals surface area contributed by atoms with Gasteiger partial charge < -0.3 is 20.1 Å². The number of aromatic amines is 1. The Labute approximate surface area is 204 Å². The van der Waals surface area contributed by atoms with Crippen LogP contribution in [0.2, 0.25) is 0 Å². The van der Waals surface area contributed by atoms with Gasteiger partial charge in [-0.05, 0) is 24.5 Å². The predicted octanol–water partition coefficient (Wildman–Crippen LogP) is 2.87. The Morgan fingerprint density at radius 2 is 1.80 bits per heavy atom. The van der Waals surface area contributed by atoms with E-state index < -0.39 is 12.0 Å². The number of nitrogens with zero attached hydrogens (tertiary/aromatic N) is 2. The molecule has 3 heterocycles. The van der Waals surface area contributed by atoms with Crippen LogP contribution in [-0.2, 0) is 14.3 Å². The Balaban J connectivity index is 1.31. The summed E-state index contributed by atoms with van der Waals surface area (Å²) in [5, 5.41) is 14.3. The van der Waals surface area contributed by atoms with Crippen LogP contribution in [0, 0.1) is 0 Å². The highest BCUT2D eigenvalue weighted by Crippen LogP contribution is 2.37. The molecule has 3 N–H and O–H groups in total. The molecule has 8 nitrogen and oxygen atoms in total. The number of ether oxygens (including phenoxy) is 1. The number of H-pyrrole nitrogens is 1. The molecule has 2 atom stereocenters. The molecule has 3 aromatic rings. The Hall–Kier alpha value is -3.20. The molecular weight excluding hydrogens is 444 g/mol. The van der Waals surface area contributed by atoms with Gasteiger partial charge in [-0.2, -0.15) is 0 Å². The Morgan fingerprint density at radius 3 is 2.51 bits per heavy atom. The number of carbonyl (C=O) groups excluding carboxylic acids is 1. The molecule has 2 aliphatic rings. The molecule has 0 aliphatic carbocycles. The van der Waals surface area contributed by atoms with Gasteiger partial charge in [0.05, 0.1) is 18.3 Å². The average molecular weight is 477 g/mol. The van der Waals surface area contributed by atoms with E-state index in [0.29, 0.717) is 39.3 Å². The maximum Gasteiger partial charge on any atom is 0.325 e. The molecule has 1 aromatic heterocycles. The SMILES string of the molecule is O=C(CN1CCN([C@H](C(=O)O)c2c(-c3ccccc3)[nH]c3ccccc23)CC1)NC[C@@H]1CCCO1. The number of rotatable bonds is 8. The number of fused-ring (bicyclic) bond motifs is 1. The molecule has 35 heavy (non-hydrogen) atoms. The number of carboxylic acid groups (broad SMARTS) is 1. The fourth-order valence-corrected chi connectivity index (χ4v) is 5.21. The van der Waals surface area contributed by atoms with Gasteiger partial charge in [0.25, 0.3) is 0 Å². The van der Waals surface area contributed by atoms with Gasteiger partial charge in [0.15, 0.2) is 0 Å². The molecule has 184 valence electrons. The first-order chi connectivity index (χ1) is 17.1. The third-order valence-corrected chi connectivity index (χ3v) is 7.01. The highest BCUT2D eigenvalue weighted by atomic mass is 16.5. The first-order valence-electron chi connectivity index (χ1n) is 12.3. The molecule has 2 fully saturated rings. The summed E-state index contributed by atoms with van der Waals surface area (Å²) in [6, 6.07) is 17.0. The van der Waals surface area contributed by atoms with E-state index in [1.807, 2.05) is 59.5 Å². The highest BCUT2D eigenvalue weighted by Gasteiger charge is 2.34. The van der Waals surface area contributed by atoms with E-state index in [0.717, 1.165) is 47.2 Å². The Morgan fingerprint density at radius 1 is 1.06 bits per heavy atom. The first kappa shape index (κ1) is 23.5. The van der Waals surface area contributed by atoms with Crippen LogP contribution in [0.3, 0.4) is 0 Å².